The molecule has 4 aromatic rings. The Morgan fingerprint density at radius 2 is 2.03 bits per heavy atom. The van der Waals surface area contributed by atoms with E-state index in [1.165, 1.54) is 17.6 Å². The zero-order valence-electron chi connectivity index (χ0n) is 18.7. The van der Waals surface area contributed by atoms with Crippen LogP contribution in [0.15, 0.2) is 52.5 Å². The molecule has 0 unspecified atom stereocenters. The molecule has 34 heavy (non-hydrogen) atoms. The van der Waals surface area contributed by atoms with Gasteiger partial charge in [0.1, 0.15) is 16.5 Å². The second kappa shape index (κ2) is 10.5. The topological polar surface area (TPSA) is 99.9 Å². The number of anilines is 1. The van der Waals surface area contributed by atoms with E-state index in [9.17, 15) is 9.59 Å². The maximum Gasteiger partial charge on any atom is 0.349 e. The summed E-state index contributed by atoms with van der Waals surface area (Å²) >= 11 is 2.60. The molecular formula is C24H22N2O6S2. The van der Waals surface area contributed by atoms with Gasteiger partial charge in [0.2, 0.25) is 0 Å². The first-order valence-electron chi connectivity index (χ1n) is 10.4. The lowest BCUT2D eigenvalue weighted by Gasteiger charge is -2.09. The van der Waals surface area contributed by atoms with Gasteiger partial charge in [0, 0.05) is 10.9 Å². The van der Waals surface area contributed by atoms with Crippen molar-refractivity contribution in [3.8, 4) is 22.1 Å². The molecule has 0 radical (unpaired) electrons. The molecular weight excluding hydrogens is 476 g/mol. The molecule has 0 bridgehead atoms. The third-order valence-corrected chi connectivity index (χ3v) is 6.77. The van der Waals surface area contributed by atoms with E-state index < -0.39 is 5.97 Å². The monoisotopic (exact) mass is 498 g/mol. The number of esters is 1. The highest BCUT2D eigenvalue weighted by atomic mass is 32.1. The Bertz CT molecular complexity index is 1290. The van der Waals surface area contributed by atoms with E-state index in [1.54, 1.807) is 32.2 Å². The van der Waals surface area contributed by atoms with Crippen molar-refractivity contribution >= 4 is 39.6 Å². The van der Waals surface area contributed by atoms with Gasteiger partial charge in [-0.15, -0.1) is 22.7 Å². The quantitative estimate of drug-likeness (QED) is 0.292. The largest absolute Gasteiger partial charge is 0.493 e. The summed E-state index contributed by atoms with van der Waals surface area (Å²) in [5.41, 5.74) is 2.24. The molecule has 3 aromatic heterocycles. The third-order valence-electron chi connectivity index (χ3n) is 4.70. The fraction of sp³-hybridized carbons (Fsp3) is 0.208. The van der Waals surface area contributed by atoms with E-state index in [0.29, 0.717) is 39.2 Å². The van der Waals surface area contributed by atoms with Crippen molar-refractivity contribution in [1.29, 1.82) is 0 Å². The van der Waals surface area contributed by atoms with Crippen LogP contribution in [0.5, 0.6) is 11.5 Å². The van der Waals surface area contributed by atoms with Crippen LogP contribution >= 0.6 is 22.7 Å². The number of carbonyl (C=O) groups is 2. The van der Waals surface area contributed by atoms with E-state index in [-0.39, 0.29) is 18.3 Å². The first kappa shape index (κ1) is 23.5. The van der Waals surface area contributed by atoms with Crippen LogP contribution in [0.1, 0.15) is 38.4 Å². The zero-order valence-corrected chi connectivity index (χ0v) is 20.4. The van der Waals surface area contributed by atoms with Crippen molar-refractivity contribution in [3.05, 3.63) is 69.9 Å². The summed E-state index contributed by atoms with van der Waals surface area (Å²) in [5.74, 6) is 0.640. The molecule has 0 aliphatic rings. The van der Waals surface area contributed by atoms with Crippen LogP contribution in [0, 0.1) is 6.92 Å². The van der Waals surface area contributed by atoms with Gasteiger partial charge in [-0.05, 0) is 55.8 Å². The number of furan rings is 1. The smallest absolute Gasteiger partial charge is 0.349 e. The number of rotatable bonds is 9. The Labute approximate surface area is 204 Å². The van der Waals surface area contributed by atoms with Crippen molar-refractivity contribution in [2.24, 2.45) is 0 Å². The minimum Gasteiger partial charge on any atom is -0.493 e. The molecule has 3 heterocycles. The van der Waals surface area contributed by atoms with Gasteiger partial charge in [-0.25, -0.2) is 9.78 Å². The molecule has 8 nitrogen and oxygen atoms in total. The fourth-order valence-electron chi connectivity index (χ4n) is 3.11. The van der Waals surface area contributed by atoms with Crippen molar-refractivity contribution < 1.29 is 28.2 Å². The van der Waals surface area contributed by atoms with Crippen molar-refractivity contribution in [3.63, 3.8) is 0 Å². The molecule has 0 aliphatic heterocycles. The molecule has 4 rings (SSSR count). The Balaban J connectivity index is 1.39. The minimum absolute atomic E-state index is 0.0366. The number of carbonyl (C=O) groups excluding carboxylic acids is 2. The maximum atomic E-state index is 12.6. The fourth-order valence-corrected chi connectivity index (χ4v) is 4.88. The molecule has 0 atom stereocenters. The van der Waals surface area contributed by atoms with E-state index in [2.05, 4.69) is 10.3 Å². The zero-order chi connectivity index (χ0) is 24.1. The van der Waals surface area contributed by atoms with E-state index in [0.717, 1.165) is 21.9 Å². The Morgan fingerprint density at radius 1 is 1.18 bits per heavy atom. The first-order chi connectivity index (χ1) is 16.5. The summed E-state index contributed by atoms with van der Waals surface area (Å²) in [5, 5.41) is 5.89. The number of amides is 1. The van der Waals surface area contributed by atoms with E-state index in [1.807, 2.05) is 30.5 Å². The van der Waals surface area contributed by atoms with Gasteiger partial charge in [0.05, 0.1) is 30.7 Å². The molecule has 1 N–H and O–H groups in total. The molecule has 0 saturated carbocycles. The number of ether oxygens (including phenoxy) is 3. The predicted octanol–water partition coefficient (Wildman–Crippen LogP) is 5.79. The van der Waals surface area contributed by atoms with Crippen molar-refractivity contribution in [2.45, 2.75) is 20.5 Å². The number of aromatic nitrogens is 1. The lowest BCUT2D eigenvalue weighted by atomic mass is 10.2. The second-order valence-corrected chi connectivity index (χ2v) is 8.98. The van der Waals surface area contributed by atoms with Crippen molar-refractivity contribution in [2.75, 3.05) is 19.0 Å². The number of benzene rings is 1. The lowest BCUT2D eigenvalue weighted by Crippen LogP contribution is -2.09. The minimum atomic E-state index is -0.474. The van der Waals surface area contributed by atoms with Crippen LogP contribution in [-0.4, -0.2) is 30.6 Å². The molecule has 0 spiro atoms. The summed E-state index contributed by atoms with van der Waals surface area (Å²) < 4.78 is 21.5. The summed E-state index contributed by atoms with van der Waals surface area (Å²) in [6.45, 7) is 4.28. The number of aryl methyl sites for hydroxylation is 1. The van der Waals surface area contributed by atoms with E-state index in [4.69, 9.17) is 18.6 Å². The third kappa shape index (κ3) is 5.29. The van der Waals surface area contributed by atoms with Crippen LogP contribution in [0.25, 0.3) is 10.6 Å². The Kier molecular flexibility index (Phi) is 7.29. The van der Waals surface area contributed by atoms with Crippen LogP contribution in [-0.2, 0) is 11.3 Å². The molecule has 176 valence electrons. The van der Waals surface area contributed by atoms with Gasteiger partial charge in [-0.3, -0.25) is 4.79 Å². The molecule has 0 fully saturated rings. The summed E-state index contributed by atoms with van der Waals surface area (Å²) in [7, 11) is 1.59. The molecule has 0 saturated heterocycles. The highest BCUT2D eigenvalue weighted by Crippen LogP contribution is 2.34. The highest BCUT2D eigenvalue weighted by Gasteiger charge is 2.18. The Hall–Kier alpha value is -3.63. The van der Waals surface area contributed by atoms with Gasteiger partial charge in [-0.2, -0.15) is 0 Å². The van der Waals surface area contributed by atoms with Crippen LogP contribution in [0.3, 0.4) is 0 Å². The summed E-state index contributed by atoms with van der Waals surface area (Å²) in [6.07, 6.45) is 1.42. The SMILES string of the molecule is CCOc1ccc(-c2nc(COC(=O)c3sc(NC(=O)c4ccco4)cc3C)cs2)cc1OC. The highest BCUT2D eigenvalue weighted by molar-refractivity contribution is 7.18. The number of nitrogens with one attached hydrogen (secondary N) is 1. The van der Waals surface area contributed by atoms with Gasteiger partial charge >= 0.3 is 5.97 Å². The standard InChI is InChI=1S/C24H22N2O6S2/c1-4-30-17-8-7-15(11-19(17)29-3)23-25-16(13-33-23)12-32-24(28)21-14(2)10-20(34-21)26-22(27)18-6-5-9-31-18/h5-11,13H,4,12H2,1-3H3,(H,26,27). The lowest BCUT2D eigenvalue weighted by molar-refractivity contribution is 0.0473. The number of hydrogen-bond acceptors (Lipinski definition) is 9. The second-order valence-electron chi connectivity index (χ2n) is 7.07. The Morgan fingerprint density at radius 3 is 2.76 bits per heavy atom. The predicted molar refractivity (Wildman–Crippen MR) is 130 cm³/mol. The number of methoxy groups -OCH3 is 1. The normalized spacial score (nSPS) is 10.7. The number of thiazole rings is 1. The molecule has 1 amide bonds. The van der Waals surface area contributed by atoms with Crippen LogP contribution in [0.4, 0.5) is 5.00 Å². The molecule has 1 aromatic carbocycles. The van der Waals surface area contributed by atoms with Crippen LogP contribution in [0.2, 0.25) is 0 Å². The number of hydrogen-bond donors (Lipinski definition) is 1. The maximum absolute atomic E-state index is 12.6. The van der Waals surface area contributed by atoms with Crippen LogP contribution < -0.4 is 14.8 Å². The van der Waals surface area contributed by atoms with Gasteiger partial charge in [0.15, 0.2) is 17.3 Å². The molecule has 10 heteroatoms. The van der Waals surface area contributed by atoms with Crippen molar-refractivity contribution in [1.82, 2.24) is 4.98 Å². The first-order valence-corrected chi connectivity index (χ1v) is 12.1. The molecule has 0 aliphatic carbocycles. The number of nitrogens with zero attached hydrogens (tertiary/aromatic N) is 1. The van der Waals surface area contributed by atoms with Gasteiger partial charge in [-0.1, -0.05) is 0 Å². The van der Waals surface area contributed by atoms with E-state index >= 15 is 0 Å². The summed E-state index contributed by atoms with van der Waals surface area (Å²) in [6, 6.07) is 10.6. The number of thiophene rings is 1. The van der Waals surface area contributed by atoms with Gasteiger partial charge < -0.3 is 23.9 Å². The average Bonchev–Trinajstić information content (AvgIpc) is 3.59. The van der Waals surface area contributed by atoms with Gasteiger partial charge in [0.25, 0.3) is 5.91 Å². The average molecular weight is 499 g/mol. The summed E-state index contributed by atoms with van der Waals surface area (Å²) in [4.78, 5) is 29.8.